The highest BCUT2D eigenvalue weighted by atomic mass is 16.3. The van der Waals surface area contributed by atoms with Crippen LogP contribution in [0.15, 0.2) is 29.0 Å². The molecule has 0 radical (unpaired) electrons. The Bertz CT molecular complexity index is 523. The van der Waals surface area contributed by atoms with Crippen molar-refractivity contribution in [2.45, 2.75) is 12.5 Å². The lowest BCUT2D eigenvalue weighted by molar-refractivity contribution is -0.123. The fourth-order valence-electron chi connectivity index (χ4n) is 1.59. The predicted octanol–water partition coefficient (Wildman–Crippen LogP) is -0.0518. The topological polar surface area (TPSA) is 93.2 Å². The first-order valence-corrected chi connectivity index (χ1v) is 5.25. The second-order valence-corrected chi connectivity index (χ2v) is 3.70. The number of carbonyl (C=O) groups excluding carboxylic acids is 1. The van der Waals surface area contributed by atoms with Gasteiger partial charge in [0.15, 0.2) is 12.0 Å². The minimum absolute atomic E-state index is 0.245. The molecule has 17 heavy (non-hydrogen) atoms. The van der Waals surface area contributed by atoms with E-state index in [1.165, 1.54) is 6.39 Å². The minimum Gasteiger partial charge on any atom is -0.443 e. The van der Waals surface area contributed by atoms with Crippen LogP contribution < -0.4 is 16.6 Å². The highest BCUT2D eigenvalue weighted by molar-refractivity contribution is 5.81. The van der Waals surface area contributed by atoms with Crippen molar-refractivity contribution in [3.05, 3.63) is 30.2 Å². The molecule has 0 bridgehead atoms. The molecule has 0 fully saturated rings. The molecule has 1 heterocycles. The molecular formula is C11H14N4O2. The second kappa shape index (κ2) is 4.94. The normalized spacial score (nSPS) is 12.6. The average molecular weight is 234 g/mol. The monoisotopic (exact) mass is 234 g/mol. The first kappa shape index (κ1) is 11.6. The number of amides is 1. The van der Waals surface area contributed by atoms with Gasteiger partial charge in [-0.05, 0) is 24.1 Å². The number of hydrogen-bond donors (Lipinski definition) is 3. The Kier molecular flexibility index (Phi) is 3.36. The van der Waals surface area contributed by atoms with Crippen LogP contribution in [0.4, 0.5) is 0 Å². The van der Waals surface area contributed by atoms with Crippen LogP contribution >= 0.6 is 0 Å². The number of fused-ring (bicyclic) bond motifs is 1. The van der Waals surface area contributed by atoms with E-state index in [0.29, 0.717) is 12.0 Å². The van der Waals surface area contributed by atoms with E-state index in [-0.39, 0.29) is 5.91 Å². The van der Waals surface area contributed by atoms with E-state index in [2.05, 4.69) is 15.8 Å². The van der Waals surface area contributed by atoms with Crippen molar-refractivity contribution in [1.82, 2.24) is 15.8 Å². The Morgan fingerprint density at radius 2 is 2.41 bits per heavy atom. The summed E-state index contributed by atoms with van der Waals surface area (Å²) in [6, 6.07) is 4.98. The van der Waals surface area contributed by atoms with Crippen LogP contribution in [0.1, 0.15) is 5.56 Å². The molecule has 1 atom stereocenters. The maximum absolute atomic E-state index is 11.4. The summed E-state index contributed by atoms with van der Waals surface area (Å²) in [5.74, 6) is -0.245. The highest BCUT2D eigenvalue weighted by Gasteiger charge is 2.13. The van der Waals surface area contributed by atoms with Crippen molar-refractivity contribution in [3.8, 4) is 0 Å². The van der Waals surface area contributed by atoms with E-state index in [4.69, 9.17) is 10.2 Å². The smallest absolute Gasteiger partial charge is 0.251 e. The zero-order valence-electron chi connectivity index (χ0n) is 9.43. The molecule has 90 valence electrons. The fraction of sp³-hybridized carbons (Fsp3) is 0.273. The molecule has 6 heteroatoms. The van der Waals surface area contributed by atoms with Crippen LogP contribution in [-0.4, -0.2) is 24.0 Å². The molecule has 6 nitrogen and oxygen atoms in total. The Hall–Kier alpha value is -1.92. The summed E-state index contributed by atoms with van der Waals surface area (Å²) < 4.78 is 5.18. The van der Waals surface area contributed by atoms with E-state index < -0.39 is 6.04 Å². The molecule has 4 N–H and O–H groups in total. The summed E-state index contributed by atoms with van der Waals surface area (Å²) >= 11 is 0. The average Bonchev–Trinajstić information content (AvgIpc) is 2.76. The van der Waals surface area contributed by atoms with Crippen molar-refractivity contribution in [3.63, 3.8) is 0 Å². The molecule has 1 aromatic carbocycles. The van der Waals surface area contributed by atoms with Gasteiger partial charge >= 0.3 is 0 Å². The van der Waals surface area contributed by atoms with Gasteiger partial charge in [0.1, 0.15) is 5.52 Å². The molecule has 0 aliphatic heterocycles. The zero-order valence-corrected chi connectivity index (χ0v) is 9.43. The Labute approximate surface area is 98.2 Å². The summed E-state index contributed by atoms with van der Waals surface area (Å²) in [6.45, 7) is 0. The van der Waals surface area contributed by atoms with Crippen molar-refractivity contribution in [2.24, 2.45) is 5.73 Å². The van der Waals surface area contributed by atoms with Crippen LogP contribution in [0, 0.1) is 0 Å². The van der Waals surface area contributed by atoms with Gasteiger partial charge in [-0.15, -0.1) is 0 Å². The van der Waals surface area contributed by atoms with Gasteiger partial charge in [-0.1, -0.05) is 6.07 Å². The Morgan fingerprint density at radius 1 is 1.59 bits per heavy atom. The van der Waals surface area contributed by atoms with Gasteiger partial charge in [0.25, 0.3) is 5.91 Å². The van der Waals surface area contributed by atoms with E-state index >= 15 is 0 Å². The van der Waals surface area contributed by atoms with E-state index in [0.717, 1.165) is 11.1 Å². The number of nitrogens with one attached hydrogen (secondary N) is 2. The second-order valence-electron chi connectivity index (χ2n) is 3.70. The Balaban J connectivity index is 2.09. The Morgan fingerprint density at radius 3 is 3.18 bits per heavy atom. The number of nitrogens with zero attached hydrogens (tertiary/aromatic N) is 1. The number of nitrogens with two attached hydrogens (primary N) is 1. The molecule has 1 unspecified atom stereocenters. The zero-order chi connectivity index (χ0) is 12.3. The fourth-order valence-corrected chi connectivity index (χ4v) is 1.59. The summed E-state index contributed by atoms with van der Waals surface area (Å²) in [5.41, 5.74) is 13.2. The summed E-state index contributed by atoms with van der Waals surface area (Å²) in [6.07, 6.45) is 1.84. The van der Waals surface area contributed by atoms with Gasteiger partial charge in [-0.25, -0.2) is 10.4 Å². The van der Waals surface area contributed by atoms with Crippen LogP contribution in [0.5, 0.6) is 0 Å². The minimum atomic E-state index is -0.595. The molecule has 2 aromatic rings. The lowest BCUT2D eigenvalue weighted by Gasteiger charge is -2.11. The molecule has 0 aliphatic carbocycles. The summed E-state index contributed by atoms with van der Waals surface area (Å²) in [4.78, 5) is 15.4. The molecule has 1 aromatic heterocycles. The van der Waals surface area contributed by atoms with Crippen LogP contribution in [0.3, 0.4) is 0 Å². The van der Waals surface area contributed by atoms with Crippen LogP contribution in [-0.2, 0) is 11.2 Å². The van der Waals surface area contributed by atoms with Crippen molar-refractivity contribution < 1.29 is 9.21 Å². The van der Waals surface area contributed by atoms with Crippen molar-refractivity contribution in [1.29, 1.82) is 0 Å². The van der Waals surface area contributed by atoms with Crippen LogP contribution in [0.2, 0.25) is 0 Å². The third kappa shape index (κ3) is 2.61. The largest absolute Gasteiger partial charge is 0.443 e. The number of aromatic nitrogens is 1. The third-order valence-corrected chi connectivity index (χ3v) is 2.44. The third-order valence-electron chi connectivity index (χ3n) is 2.44. The van der Waals surface area contributed by atoms with Crippen LogP contribution in [0.25, 0.3) is 11.1 Å². The van der Waals surface area contributed by atoms with Crippen molar-refractivity contribution in [2.75, 3.05) is 7.05 Å². The van der Waals surface area contributed by atoms with Gasteiger partial charge in [-0.3, -0.25) is 10.2 Å². The molecule has 0 spiro atoms. The quantitative estimate of drug-likeness (QED) is 0.645. The number of oxazole rings is 1. The molecule has 0 saturated heterocycles. The van der Waals surface area contributed by atoms with Crippen molar-refractivity contribution >= 4 is 17.0 Å². The van der Waals surface area contributed by atoms with Gasteiger partial charge in [0.2, 0.25) is 0 Å². The predicted molar refractivity (Wildman–Crippen MR) is 62.9 cm³/mol. The first-order valence-electron chi connectivity index (χ1n) is 5.25. The number of hydrazine groups is 1. The lowest BCUT2D eigenvalue weighted by Crippen LogP contribution is -2.46. The maximum Gasteiger partial charge on any atom is 0.251 e. The number of carbonyl (C=O) groups is 1. The van der Waals surface area contributed by atoms with Gasteiger partial charge in [-0.2, -0.15) is 0 Å². The van der Waals surface area contributed by atoms with E-state index in [1.54, 1.807) is 7.05 Å². The van der Waals surface area contributed by atoms with Gasteiger partial charge in [0.05, 0.1) is 6.04 Å². The summed E-state index contributed by atoms with van der Waals surface area (Å²) in [5, 5.41) is 0. The van der Waals surface area contributed by atoms with Gasteiger partial charge < -0.3 is 10.2 Å². The lowest BCUT2D eigenvalue weighted by atomic mass is 10.1. The van der Waals surface area contributed by atoms with E-state index in [1.807, 2.05) is 18.2 Å². The highest BCUT2D eigenvalue weighted by Crippen LogP contribution is 2.15. The van der Waals surface area contributed by atoms with E-state index in [9.17, 15) is 4.79 Å². The molecular weight excluding hydrogens is 220 g/mol. The summed E-state index contributed by atoms with van der Waals surface area (Å²) in [7, 11) is 1.62. The SMILES string of the molecule is CNNC(=O)C(N)Cc1ccc2ncoc2c1. The molecule has 0 saturated carbocycles. The molecule has 2 rings (SSSR count). The molecule has 1 amide bonds. The molecule has 0 aliphatic rings. The van der Waals surface area contributed by atoms with Gasteiger partial charge in [0, 0.05) is 7.05 Å². The number of rotatable bonds is 4. The number of hydrogen-bond acceptors (Lipinski definition) is 5. The standard InChI is InChI=1S/C11H14N4O2/c1-13-15-11(16)8(12)4-7-2-3-9-10(5-7)17-6-14-9/h2-3,5-6,8,13H,4,12H2,1H3,(H,15,16). The first-order chi connectivity index (χ1) is 8.20. The number of benzene rings is 1. The maximum atomic E-state index is 11.4.